The van der Waals surface area contributed by atoms with E-state index in [4.69, 9.17) is 4.74 Å². The lowest BCUT2D eigenvalue weighted by Crippen LogP contribution is -2.33. The van der Waals surface area contributed by atoms with Gasteiger partial charge in [-0.3, -0.25) is 4.79 Å². The molecule has 6 nitrogen and oxygen atoms in total. The molecule has 0 saturated heterocycles. The Morgan fingerprint density at radius 1 is 1.15 bits per heavy atom. The van der Waals surface area contributed by atoms with Gasteiger partial charge in [-0.1, -0.05) is 30.3 Å². The van der Waals surface area contributed by atoms with Gasteiger partial charge in [-0.25, -0.2) is 13.1 Å². The predicted octanol–water partition coefficient (Wildman–Crippen LogP) is 2.95. The first-order valence-electron chi connectivity index (χ1n) is 8.33. The Morgan fingerprint density at radius 2 is 1.85 bits per heavy atom. The first-order valence-corrected chi connectivity index (χ1v) is 9.82. The average Bonchev–Trinajstić information content (AvgIpc) is 2.60. The molecule has 0 saturated carbocycles. The number of carbonyl (C=O) groups is 1. The van der Waals surface area contributed by atoms with Gasteiger partial charge >= 0.3 is 0 Å². The molecule has 0 aliphatic carbocycles. The molecule has 2 rings (SSSR count). The molecule has 0 aliphatic heterocycles. The molecule has 0 aliphatic rings. The Hall–Kier alpha value is -2.38. The molecule has 7 heteroatoms. The summed E-state index contributed by atoms with van der Waals surface area (Å²) in [5.41, 5.74) is 1.48. The molecule has 140 valence electrons. The zero-order valence-electron chi connectivity index (χ0n) is 15.2. The summed E-state index contributed by atoms with van der Waals surface area (Å²) >= 11 is 0. The highest BCUT2D eigenvalue weighted by Crippen LogP contribution is 2.27. The van der Waals surface area contributed by atoms with Crippen molar-refractivity contribution >= 4 is 21.6 Å². The van der Waals surface area contributed by atoms with E-state index < -0.39 is 10.0 Å². The van der Waals surface area contributed by atoms with Gasteiger partial charge in [0.15, 0.2) is 0 Å². The van der Waals surface area contributed by atoms with Gasteiger partial charge in [0.1, 0.15) is 5.75 Å². The summed E-state index contributed by atoms with van der Waals surface area (Å²) in [6.45, 7) is 3.18. The SMILES string of the molecule is COc1ccc(S(=O)(=O)NC(C)CCc2ccccc2)cc1NC(C)=O. The lowest BCUT2D eigenvalue weighted by atomic mass is 10.1. The van der Waals surface area contributed by atoms with Crippen LogP contribution in [0.25, 0.3) is 0 Å². The summed E-state index contributed by atoms with van der Waals surface area (Å²) < 4.78 is 33.1. The number of hydrogen-bond donors (Lipinski definition) is 2. The maximum Gasteiger partial charge on any atom is 0.240 e. The van der Waals surface area contributed by atoms with Gasteiger partial charge in [-0.05, 0) is 43.5 Å². The van der Waals surface area contributed by atoms with E-state index in [1.807, 2.05) is 37.3 Å². The number of hydrogen-bond acceptors (Lipinski definition) is 4. The van der Waals surface area contributed by atoms with E-state index in [9.17, 15) is 13.2 Å². The third-order valence-corrected chi connectivity index (χ3v) is 5.44. The molecule has 0 heterocycles. The molecule has 26 heavy (non-hydrogen) atoms. The summed E-state index contributed by atoms with van der Waals surface area (Å²) in [4.78, 5) is 11.4. The molecule has 0 fully saturated rings. The topological polar surface area (TPSA) is 84.5 Å². The first kappa shape index (κ1) is 19.9. The zero-order chi connectivity index (χ0) is 19.2. The van der Waals surface area contributed by atoms with E-state index in [-0.39, 0.29) is 16.8 Å². The molecule has 2 N–H and O–H groups in total. The number of ether oxygens (including phenoxy) is 1. The Labute approximate surface area is 154 Å². The Kier molecular flexibility index (Phi) is 6.76. The number of carbonyl (C=O) groups excluding carboxylic acids is 1. The smallest absolute Gasteiger partial charge is 0.240 e. The van der Waals surface area contributed by atoms with Crippen LogP contribution in [0.2, 0.25) is 0 Å². The fraction of sp³-hybridized carbons (Fsp3) is 0.316. The van der Waals surface area contributed by atoms with Gasteiger partial charge in [0.25, 0.3) is 0 Å². The molecule has 0 aromatic heterocycles. The summed E-state index contributed by atoms with van der Waals surface area (Å²) in [7, 11) is -2.25. The molecule has 1 unspecified atom stereocenters. The summed E-state index contributed by atoms with van der Waals surface area (Å²) in [5.74, 6) is 0.0957. The van der Waals surface area contributed by atoms with E-state index >= 15 is 0 Å². The van der Waals surface area contributed by atoms with Crippen molar-refractivity contribution in [2.75, 3.05) is 12.4 Å². The van der Waals surface area contributed by atoms with E-state index in [0.717, 1.165) is 12.0 Å². The first-order chi connectivity index (χ1) is 12.3. The van der Waals surface area contributed by atoms with Crippen molar-refractivity contribution in [3.05, 3.63) is 54.1 Å². The van der Waals surface area contributed by atoms with E-state index in [0.29, 0.717) is 17.9 Å². The minimum absolute atomic E-state index is 0.0774. The van der Waals surface area contributed by atoms with Crippen molar-refractivity contribution in [2.45, 2.75) is 37.6 Å². The molecule has 1 atom stereocenters. The molecular weight excluding hydrogens is 352 g/mol. The minimum atomic E-state index is -3.70. The van der Waals surface area contributed by atoms with Crippen LogP contribution in [0, 0.1) is 0 Å². The maximum atomic E-state index is 12.6. The van der Waals surface area contributed by atoms with Gasteiger partial charge < -0.3 is 10.1 Å². The van der Waals surface area contributed by atoms with E-state index in [1.165, 1.54) is 32.2 Å². The number of amides is 1. The third-order valence-electron chi connectivity index (χ3n) is 3.86. The Balaban J connectivity index is 2.09. The van der Waals surface area contributed by atoms with Crippen LogP contribution in [0.5, 0.6) is 5.75 Å². The molecule has 2 aromatic rings. The second-order valence-electron chi connectivity index (χ2n) is 6.09. The molecule has 0 radical (unpaired) electrons. The van der Waals surface area contributed by atoms with E-state index in [2.05, 4.69) is 10.0 Å². The van der Waals surface area contributed by atoms with Crippen LogP contribution in [0.4, 0.5) is 5.69 Å². The van der Waals surface area contributed by atoms with Gasteiger partial charge in [0, 0.05) is 13.0 Å². The lowest BCUT2D eigenvalue weighted by molar-refractivity contribution is -0.114. The van der Waals surface area contributed by atoms with Gasteiger partial charge in [-0.15, -0.1) is 0 Å². The van der Waals surface area contributed by atoms with E-state index in [1.54, 1.807) is 0 Å². The number of benzene rings is 2. The van der Waals surface area contributed by atoms with Crippen LogP contribution in [-0.4, -0.2) is 27.5 Å². The second kappa shape index (κ2) is 8.82. The highest BCUT2D eigenvalue weighted by atomic mass is 32.2. The zero-order valence-corrected chi connectivity index (χ0v) is 16.0. The number of methoxy groups -OCH3 is 1. The lowest BCUT2D eigenvalue weighted by Gasteiger charge is -2.16. The Morgan fingerprint density at radius 3 is 2.46 bits per heavy atom. The highest BCUT2D eigenvalue weighted by Gasteiger charge is 2.19. The largest absolute Gasteiger partial charge is 0.495 e. The average molecular weight is 376 g/mol. The normalized spacial score (nSPS) is 12.4. The number of aryl methyl sites for hydroxylation is 1. The minimum Gasteiger partial charge on any atom is -0.495 e. The van der Waals surface area contributed by atoms with Gasteiger partial charge in [-0.2, -0.15) is 0 Å². The van der Waals surface area contributed by atoms with Crippen LogP contribution in [-0.2, 0) is 21.2 Å². The fourth-order valence-electron chi connectivity index (χ4n) is 2.56. The predicted molar refractivity (Wildman–Crippen MR) is 102 cm³/mol. The maximum absolute atomic E-state index is 12.6. The van der Waals surface area contributed by atoms with Crippen LogP contribution in [0.15, 0.2) is 53.4 Å². The van der Waals surface area contributed by atoms with Gasteiger partial charge in [0.05, 0.1) is 17.7 Å². The summed E-state index contributed by atoms with van der Waals surface area (Å²) in [6, 6.07) is 14.1. The highest BCUT2D eigenvalue weighted by molar-refractivity contribution is 7.89. The monoisotopic (exact) mass is 376 g/mol. The standard InChI is InChI=1S/C19H24N2O4S/c1-14(9-10-16-7-5-4-6-8-16)21-26(23,24)17-11-12-19(25-3)18(13-17)20-15(2)22/h4-8,11-14,21H,9-10H2,1-3H3,(H,20,22). The number of rotatable bonds is 8. The van der Waals surface area contributed by atoms with Crippen LogP contribution >= 0.6 is 0 Å². The molecule has 0 spiro atoms. The van der Waals surface area contributed by atoms with Crippen molar-refractivity contribution in [2.24, 2.45) is 0 Å². The number of anilines is 1. The van der Waals surface area contributed by atoms with Gasteiger partial charge in [0.2, 0.25) is 15.9 Å². The molecule has 0 bridgehead atoms. The van der Waals surface area contributed by atoms with Crippen molar-refractivity contribution < 1.29 is 17.9 Å². The second-order valence-corrected chi connectivity index (χ2v) is 7.80. The fourth-order valence-corrected chi connectivity index (χ4v) is 3.87. The van der Waals surface area contributed by atoms with Crippen molar-refractivity contribution in [3.63, 3.8) is 0 Å². The molecular formula is C19H24N2O4S. The van der Waals surface area contributed by atoms with Crippen molar-refractivity contribution in [1.82, 2.24) is 4.72 Å². The third kappa shape index (κ3) is 5.57. The Bertz CT molecular complexity index is 851. The quantitative estimate of drug-likeness (QED) is 0.742. The summed E-state index contributed by atoms with van der Waals surface area (Å²) in [6.07, 6.45) is 1.46. The molecule has 2 aromatic carbocycles. The molecule has 1 amide bonds. The van der Waals surface area contributed by atoms with Crippen molar-refractivity contribution in [1.29, 1.82) is 0 Å². The van der Waals surface area contributed by atoms with Crippen LogP contribution in [0.1, 0.15) is 25.8 Å². The van der Waals surface area contributed by atoms with Crippen LogP contribution < -0.4 is 14.8 Å². The van der Waals surface area contributed by atoms with Crippen LogP contribution in [0.3, 0.4) is 0 Å². The van der Waals surface area contributed by atoms with Crippen molar-refractivity contribution in [3.8, 4) is 5.75 Å². The number of nitrogens with one attached hydrogen (secondary N) is 2. The summed E-state index contributed by atoms with van der Waals surface area (Å²) in [5, 5.41) is 2.58. The number of sulfonamides is 1.